The number of rotatable bonds is 9. The van der Waals surface area contributed by atoms with Crippen molar-refractivity contribution in [1.29, 1.82) is 0 Å². The number of esters is 1. The first-order valence-electron chi connectivity index (χ1n) is 9.84. The Morgan fingerprint density at radius 2 is 1.64 bits per heavy atom. The first-order chi connectivity index (χ1) is 15.9. The Labute approximate surface area is 189 Å². The molecule has 2 aromatic carbocycles. The predicted octanol–water partition coefficient (Wildman–Crippen LogP) is 1.74. The van der Waals surface area contributed by atoms with Gasteiger partial charge >= 0.3 is 5.97 Å². The highest BCUT2D eigenvalue weighted by atomic mass is 16.7. The van der Waals surface area contributed by atoms with Crippen LogP contribution in [-0.4, -0.2) is 58.6 Å². The van der Waals surface area contributed by atoms with Crippen molar-refractivity contribution in [1.82, 2.24) is 5.32 Å². The quantitative estimate of drug-likeness (QED) is 0.537. The van der Waals surface area contributed by atoms with Crippen molar-refractivity contribution in [2.24, 2.45) is 0 Å². The molecule has 2 N–H and O–H groups in total. The van der Waals surface area contributed by atoms with Gasteiger partial charge in [0.25, 0.3) is 11.8 Å². The number of nitrogens with one attached hydrogen (secondary N) is 2. The van der Waals surface area contributed by atoms with Crippen molar-refractivity contribution in [3.63, 3.8) is 0 Å². The number of hydrogen-bond acceptors (Lipinski definition) is 9. The van der Waals surface area contributed by atoms with Crippen LogP contribution in [0.15, 0.2) is 30.3 Å². The Morgan fingerprint density at radius 3 is 2.27 bits per heavy atom. The lowest BCUT2D eigenvalue weighted by Gasteiger charge is -2.15. The van der Waals surface area contributed by atoms with Crippen LogP contribution < -0.4 is 34.3 Å². The third-order valence-corrected chi connectivity index (χ3v) is 4.64. The van der Waals surface area contributed by atoms with Crippen LogP contribution in [0.1, 0.15) is 17.3 Å². The van der Waals surface area contributed by atoms with E-state index in [0.717, 1.165) is 0 Å². The lowest BCUT2D eigenvalue weighted by Crippen LogP contribution is -2.35. The third kappa shape index (κ3) is 5.56. The summed E-state index contributed by atoms with van der Waals surface area (Å²) >= 11 is 0. The van der Waals surface area contributed by atoms with Gasteiger partial charge in [-0.3, -0.25) is 14.4 Å². The molecule has 1 heterocycles. The molecule has 176 valence electrons. The van der Waals surface area contributed by atoms with Crippen LogP contribution in [0.2, 0.25) is 0 Å². The molecule has 0 saturated carbocycles. The summed E-state index contributed by atoms with van der Waals surface area (Å²) in [6.45, 7) is 1.08. The van der Waals surface area contributed by atoms with Crippen LogP contribution in [0, 0.1) is 0 Å². The summed E-state index contributed by atoms with van der Waals surface area (Å²) in [6.07, 6.45) is -1.10. The fourth-order valence-electron chi connectivity index (χ4n) is 2.98. The summed E-state index contributed by atoms with van der Waals surface area (Å²) in [7, 11) is 4.29. The minimum atomic E-state index is -1.10. The Bertz CT molecular complexity index is 1030. The van der Waals surface area contributed by atoms with Gasteiger partial charge in [0.2, 0.25) is 12.5 Å². The van der Waals surface area contributed by atoms with Crippen molar-refractivity contribution >= 4 is 23.5 Å². The zero-order valence-corrected chi connectivity index (χ0v) is 18.6. The third-order valence-electron chi connectivity index (χ3n) is 4.64. The highest BCUT2D eigenvalue weighted by Gasteiger charge is 2.21. The minimum Gasteiger partial charge on any atom is -0.493 e. The van der Waals surface area contributed by atoms with E-state index in [1.165, 1.54) is 40.4 Å². The molecule has 2 aromatic rings. The molecular formula is C22H24N2O9. The second-order valence-corrected chi connectivity index (χ2v) is 6.79. The Hall–Kier alpha value is -4.15. The Kier molecular flexibility index (Phi) is 7.44. The number of carbonyl (C=O) groups excluding carboxylic acids is 3. The monoisotopic (exact) mass is 460 g/mol. The number of anilines is 1. The Morgan fingerprint density at radius 1 is 0.970 bits per heavy atom. The SMILES string of the molecule is COc1cc(C(=O)NCC(=O)OC(C)C(=O)Nc2ccc3c(c2)OCO3)cc(OC)c1OC. The van der Waals surface area contributed by atoms with Crippen LogP contribution in [0.5, 0.6) is 28.7 Å². The first-order valence-corrected chi connectivity index (χ1v) is 9.84. The molecule has 1 atom stereocenters. The van der Waals surface area contributed by atoms with Gasteiger partial charge in [0, 0.05) is 17.3 Å². The largest absolute Gasteiger partial charge is 0.493 e. The molecule has 33 heavy (non-hydrogen) atoms. The summed E-state index contributed by atoms with van der Waals surface area (Å²) in [5.41, 5.74) is 0.647. The molecule has 11 nitrogen and oxygen atoms in total. The van der Waals surface area contributed by atoms with E-state index in [-0.39, 0.29) is 12.4 Å². The molecule has 11 heteroatoms. The van der Waals surface area contributed by atoms with Gasteiger partial charge in [-0.05, 0) is 31.2 Å². The number of hydrogen-bond donors (Lipinski definition) is 2. The minimum absolute atomic E-state index is 0.114. The fourth-order valence-corrected chi connectivity index (χ4v) is 2.98. The number of amides is 2. The molecule has 0 radical (unpaired) electrons. The molecule has 3 rings (SSSR count). The van der Waals surface area contributed by atoms with E-state index in [2.05, 4.69) is 10.6 Å². The summed E-state index contributed by atoms with van der Waals surface area (Å²) in [4.78, 5) is 36.9. The first kappa shape index (κ1) is 23.5. The topological polar surface area (TPSA) is 131 Å². The number of fused-ring (bicyclic) bond motifs is 1. The normalized spacial score (nSPS) is 12.4. The summed E-state index contributed by atoms with van der Waals surface area (Å²) < 4.78 is 31.2. The van der Waals surface area contributed by atoms with E-state index in [1.54, 1.807) is 18.2 Å². The highest BCUT2D eigenvalue weighted by molar-refractivity contribution is 5.98. The van der Waals surface area contributed by atoms with Crippen molar-refractivity contribution < 1.29 is 42.8 Å². The van der Waals surface area contributed by atoms with Crippen LogP contribution in [0.25, 0.3) is 0 Å². The van der Waals surface area contributed by atoms with Crippen molar-refractivity contribution in [3.8, 4) is 28.7 Å². The maximum atomic E-state index is 12.5. The van der Waals surface area contributed by atoms with Gasteiger partial charge in [-0.1, -0.05) is 0 Å². The van der Waals surface area contributed by atoms with Crippen LogP contribution in [0.3, 0.4) is 0 Å². The van der Waals surface area contributed by atoms with E-state index >= 15 is 0 Å². The van der Waals surface area contributed by atoms with Crippen LogP contribution in [0.4, 0.5) is 5.69 Å². The van der Waals surface area contributed by atoms with Gasteiger partial charge in [-0.15, -0.1) is 0 Å². The summed E-state index contributed by atoms with van der Waals surface area (Å²) in [6, 6.07) is 7.80. The number of benzene rings is 2. The maximum absolute atomic E-state index is 12.5. The second kappa shape index (κ2) is 10.4. The molecule has 0 aliphatic carbocycles. The van der Waals surface area contributed by atoms with Gasteiger partial charge in [0.05, 0.1) is 21.3 Å². The molecule has 0 fully saturated rings. The zero-order valence-electron chi connectivity index (χ0n) is 18.6. The van der Waals surface area contributed by atoms with Gasteiger partial charge in [0.1, 0.15) is 6.54 Å². The molecule has 0 saturated heterocycles. The molecule has 0 aromatic heterocycles. The lowest BCUT2D eigenvalue weighted by molar-refractivity contribution is -0.152. The van der Waals surface area contributed by atoms with E-state index < -0.39 is 30.4 Å². The molecule has 2 amide bonds. The molecule has 1 aliphatic heterocycles. The van der Waals surface area contributed by atoms with Crippen LogP contribution >= 0.6 is 0 Å². The average molecular weight is 460 g/mol. The average Bonchev–Trinajstić information content (AvgIpc) is 3.29. The number of methoxy groups -OCH3 is 3. The van der Waals surface area contributed by atoms with Crippen LogP contribution in [-0.2, 0) is 14.3 Å². The summed E-state index contributed by atoms with van der Waals surface area (Å²) in [5.74, 6) is 0.100. The van der Waals surface area contributed by atoms with Crippen molar-refractivity contribution in [2.45, 2.75) is 13.0 Å². The van der Waals surface area contributed by atoms with E-state index in [0.29, 0.717) is 34.4 Å². The van der Waals surface area contributed by atoms with E-state index in [4.69, 9.17) is 28.4 Å². The van der Waals surface area contributed by atoms with E-state index in [9.17, 15) is 14.4 Å². The van der Waals surface area contributed by atoms with Gasteiger partial charge < -0.3 is 39.1 Å². The molecular weight excluding hydrogens is 436 g/mol. The smallest absolute Gasteiger partial charge is 0.326 e. The maximum Gasteiger partial charge on any atom is 0.326 e. The van der Waals surface area contributed by atoms with E-state index in [1.807, 2.05) is 0 Å². The molecule has 1 aliphatic rings. The van der Waals surface area contributed by atoms with Crippen molar-refractivity contribution in [3.05, 3.63) is 35.9 Å². The number of carbonyl (C=O) groups is 3. The van der Waals surface area contributed by atoms with Gasteiger partial charge in [-0.2, -0.15) is 0 Å². The number of ether oxygens (including phenoxy) is 6. The van der Waals surface area contributed by atoms with Gasteiger partial charge in [0.15, 0.2) is 29.1 Å². The molecule has 0 bridgehead atoms. The zero-order chi connectivity index (χ0) is 24.0. The highest BCUT2D eigenvalue weighted by Crippen LogP contribution is 2.38. The molecule has 0 spiro atoms. The second-order valence-electron chi connectivity index (χ2n) is 6.79. The summed E-state index contributed by atoms with van der Waals surface area (Å²) in [5, 5.41) is 5.06. The lowest BCUT2D eigenvalue weighted by atomic mass is 10.1. The standard InChI is InChI=1S/C22H24N2O9/c1-12(21(26)24-14-5-6-15-16(9-14)32-11-31-15)33-19(25)10-23-22(27)13-7-17(28-2)20(30-4)18(8-13)29-3/h5-9,12H,10-11H2,1-4H3,(H,23,27)(H,24,26). The predicted molar refractivity (Wildman–Crippen MR) is 115 cm³/mol. The molecule has 1 unspecified atom stereocenters. The van der Waals surface area contributed by atoms with Crippen molar-refractivity contribution in [2.75, 3.05) is 40.0 Å². The fraction of sp³-hybridized carbons (Fsp3) is 0.318. The van der Waals surface area contributed by atoms with Gasteiger partial charge in [-0.25, -0.2) is 0 Å². The Balaban J connectivity index is 1.53.